The Kier molecular flexibility index (Phi) is 8.03. The highest BCUT2D eigenvalue weighted by atomic mass is 16.5. The van der Waals surface area contributed by atoms with Crippen LogP contribution in [0.4, 0.5) is 0 Å². The second-order valence-electron chi connectivity index (χ2n) is 5.41. The summed E-state index contributed by atoms with van der Waals surface area (Å²) < 4.78 is 16.0. The first kappa shape index (κ1) is 17.9. The predicted molar refractivity (Wildman–Crippen MR) is 87.2 cm³/mol. The summed E-state index contributed by atoms with van der Waals surface area (Å²) in [4.78, 5) is 14.5. The molecule has 1 aromatic rings. The fourth-order valence-electron chi connectivity index (χ4n) is 2.42. The molecule has 0 aromatic heterocycles. The molecule has 1 saturated heterocycles. The summed E-state index contributed by atoms with van der Waals surface area (Å²) in [5, 5.41) is 3.20. The van der Waals surface area contributed by atoms with Gasteiger partial charge >= 0.3 is 0 Å². The number of nitrogens with zero attached hydrogens (tertiary/aromatic N) is 1. The number of carbonyl (C=O) groups is 1. The van der Waals surface area contributed by atoms with E-state index in [1.54, 1.807) is 12.0 Å². The van der Waals surface area contributed by atoms with Crippen LogP contribution in [0.15, 0.2) is 30.3 Å². The summed E-state index contributed by atoms with van der Waals surface area (Å²) in [6.07, 6.45) is -0.411. The molecule has 1 aromatic carbocycles. The zero-order chi connectivity index (χ0) is 16.3. The number of ether oxygens (including phenoxy) is 3. The van der Waals surface area contributed by atoms with Gasteiger partial charge in [-0.05, 0) is 5.56 Å². The minimum absolute atomic E-state index is 0.0106. The molecule has 1 heterocycles. The number of morpholine rings is 1. The fourth-order valence-corrected chi connectivity index (χ4v) is 2.42. The number of hydrogen-bond acceptors (Lipinski definition) is 5. The molecule has 1 amide bonds. The molecule has 0 radical (unpaired) electrons. The first-order valence-electron chi connectivity index (χ1n) is 8.03. The first-order valence-corrected chi connectivity index (χ1v) is 8.03. The van der Waals surface area contributed by atoms with Crippen molar-refractivity contribution in [1.29, 1.82) is 0 Å². The summed E-state index contributed by atoms with van der Waals surface area (Å²) in [6.45, 7) is 4.61. The van der Waals surface area contributed by atoms with E-state index in [1.165, 1.54) is 0 Å². The highest BCUT2D eigenvalue weighted by molar-refractivity contribution is 5.81. The number of carbonyl (C=O) groups excluding carboxylic acids is 1. The van der Waals surface area contributed by atoms with Crippen molar-refractivity contribution in [3.05, 3.63) is 35.9 Å². The number of methoxy groups -OCH3 is 1. The highest BCUT2D eigenvalue weighted by Crippen LogP contribution is 2.09. The quantitative estimate of drug-likeness (QED) is 0.677. The Morgan fingerprint density at radius 2 is 2.13 bits per heavy atom. The van der Waals surface area contributed by atoms with Gasteiger partial charge in [0, 0.05) is 33.3 Å². The SMILES string of the molecule is COCCOCCN(Cc1ccccc1)C(=O)C1CNCCO1. The van der Waals surface area contributed by atoms with Crippen LogP contribution in [0.1, 0.15) is 5.56 Å². The molecule has 0 spiro atoms. The standard InChI is InChI=1S/C17H26N2O4/c1-21-11-12-22-10-8-19(14-15-5-3-2-4-6-15)17(20)16-13-18-7-9-23-16/h2-6,16,18H,7-14H2,1H3. The zero-order valence-electron chi connectivity index (χ0n) is 13.7. The van der Waals surface area contributed by atoms with E-state index in [2.05, 4.69) is 5.32 Å². The van der Waals surface area contributed by atoms with Gasteiger partial charge in [-0.3, -0.25) is 4.79 Å². The van der Waals surface area contributed by atoms with Crippen LogP contribution in [-0.2, 0) is 25.5 Å². The van der Waals surface area contributed by atoms with Crippen molar-refractivity contribution in [1.82, 2.24) is 10.2 Å². The molecule has 1 atom stereocenters. The van der Waals surface area contributed by atoms with Crippen molar-refractivity contribution in [3.8, 4) is 0 Å². The second kappa shape index (κ2) is 10.3. The van der Waals surface area contributed by atoms with Crippen molar-refractivity contribution in [2.75, 3.05) is 53.2 Å². The Hall–Kier alpha value is -1.47. The molecule has 1 unspecified atom stereocenters. The third-order valence-corrected chi connectivity index (χ3v) is 3.67. The van der Waals surface area contributed by atoms with Gasteiger partial charge in [-0.25, -0.2) is 0 Å². The summed E-state index contributed by atoms with van der Waals surface area (Å²) in [5.41, 5.74) is 1.10. The van der Waals surface area contributed by atoms with Gasteiger partial charge in [0.1, 0.15) is 6.10 Å². The lowest BCUT2D eigenvalue weighted by molar-refractivity contribution is -0.146. The van der Waals surface area contributed by atoms with Crippen LogP contribution < -0.4 is 5.32 Å². The molecular weight excluding hydrogens is 296 g/mol. The Balaban J connectivity index is 1.91. The molecule has 6 nitrogen and oxygen atoms in total. The zero-order valence-corrected chi connectivity index (χ0v) is 13.7. The van der Waals surface area contributed by atoms with Crippen molar-refractivity contribution in [3.63, 3.8) is 0 Å². The largest absolute Gasteiger partial charge is 0.382 e. The molecule has 1 aliphatic rings. The summed E-state index contributed by atoms with van der Waals surface area (Å²) in [5.74, 6) is 0.0106. The maximum absolute atomic E-state index is 12.7. The normalized spacial score (nSPS) is 17.9. The predicted octanol–water partition coefficient (Wildman–Crippen LogP) is 0.667. The Bertz CT molecular complexity index is 449. The van der Waals surface area contributed by atoms with Crippen LogP contribution in [0.3, 0.4) is 0 Å². The number of benzene rings is 1. The lowest BCUT2D eigenvalue weighted by Crippen LogP contribution is -2.49. The van der Waals surface area contributed by atoms with Gasteiger partial charge in [-0.2, -0.15) is 0 Å². The number of hydrogen-bond donors (Lipinski definition) is 1. The van der Waals surface area contributed by atoms with Crippen molar-refractivity contribution in [2.45, 2.75) is 12.6 Å². The molecule has 23 heavy (non-hydrogen) atoms. The lowest BCUT2D eigenvalue weighted by atomic mass is 10.2. The van der Waals surface area contributed by atoms with Gasteiger partial charge in [0.15, 0.2) is 0 Å². The van der Waals surface area contributed by atoms with Gasteiger partial charge in [0.2, 0.25) is 0 Å². The third-order valence-electron chi connectivity index (χ3n) is 3.67. The molecule has 2 rings (SSSR count). The number of nitrogens with one attached hydrogen (secondary N) is 1. The van der Waals surface area contributed by atoms with E-state index < -0.39 is 6.10 Å². The van der Waals surface area contributed by atoms with Gasteiger partial charge < -0.3 is 24.4 Å². The molecule has 1 aliphatic heterocycles. The van der Waals surface area contributed by atoms with E-state index in [0.717, 1.165) is 12.1 Å². The molecule has 0 bridgehead atoms. The van der Waals surface area contributed by atoms with Crippen molar-refractivity contribution in [2.24, 2.45) is 0 Å². The van der Waals surface area contributed by atoms with Crippen LogP contribution in [-0.4, -0.2) is 70.1 Å². The minimum atomic E-state index is -0.411. The number of rotatable bonds is 9. The molecule has 6 heteroatoms. The molecular formula is C17H26N2O4. The minimum Gasteiger partial charge on any atom is -0.382 e. The van der Waals surface area contributed by atoms with E-state index in [9.17, 15) is 4.79 Å². The first-order chi connectivity index (χ1) is 11.3. The Labute approximate surface area is 137 Å². The molecule has 0 aliphatic carbocycles. The van der Waals surface area contributed by atoms with Gasteiger partial charge in [0.25, 0.3) is 5.91 Å². The van der Waals surface area contributed by atoms with Gasteiger partial charge in [0.05, 0.1) is 26.4 Å². The molecule has 1 fully saturated rings. The average molecular weight is 322 g/mol. The van der Waals surface area contributed by atoms with Crippen LogP contribution >= 0.6 is 0 Å². The molecule has 1 N–H and O–H groups in total. The van der Waals surface area contributed by atoms with Crippen LogP contribution in [0.2, 0.25) is 0 Å². The van der Waals surface area contributed by atoms with E-state index in [1.807, 2.05) is 30.3 Å². The fraction of sp³-hybridized carbons (Fsp3) is 0.588. The maximum atomic E-state index is 12.7. The second-order valence-corrected chi connectivity index (χ2v) is 5.41. The Morgan fingerprint density at radius 1 is 1.30 bits per heavy atom. The van der Waals surface area contributed by atoms with Crippen molar-refractivity contribution < 1.29 is 19.0 Å². The van der Waals surface area contributed by atoms with Crippen LogP contribution in [0.25, 0.3) is 0 Å². The van der Waals surface area contributed by atoms with Gasteiger partial charge in [-0.1, -0.05) is 30.3 Å². The number of amides is 1. The molecule has 128 valence electrons. The molecule has 0 saturated carbocycles. The van der Waals surface area contributed by atoms with Crippen LogP contribution in [0, 0.1) is 0 Å². The Morgan fingerprint density at radius 3 is 2.83 bits per heavy atom. The monoisotopic (exact) mass is 322 g/mol. The maximum Gasteiger partial charge on any atom is 0.253 e. The average Bonchev–Trinajstić information content (AvgIpc) is 2.61. The topological polar surface area (TPSA) is 60.0 Å². The van der Waals surface area contributed by atoms with E-state index in [-0.39, 0.29) is 5.91 Å². The van der Waals surface area contributed by atoms with E-state index >= 15 is 0 Å². The summed E-state index contributed by atoms with van der Waals surface area (Å²) >= 11 is 0. The summed E-state index contributed by atoms with van der Waals surface area (Å²) in [6, 6.07) is 9.97. The smallest absolute Gasteiger partial charge is 0.253 e. The summed E-state index contributed by atoms with van der Waals surface area (Å²) in [7, 11) is 1.64. The van der Waals surface area contributed by atoms with E-state index in [0.29, 0.717) is 46.1 Å². The van der Waals surface area contributed by atoms with E-state index in [4.69, 9.17) is 14.2 Å². The highest BCUT2D eigenvalue weighted by Gasteiger charge is 2.26. The van der Waals surface area contributed by atoms with Crippen LogP contribution in [0.5, 0.6) is 0 Å². The van der Waals surface area contributed by atoms with Crippen molar-refractivity contribution >= 4 is 5.91 Å². The third kappa shape index (κ3) is 6.27. The lowest BCUT2D eigenvalue weighted by Gasteiger charge is -2.30. The van der Waals surface area contributed by atoms with Gasteiger partial charge in [-0.15, -0.1) is 0 Å².